The number of benzene rings is 9. The van der Waals surface area contributed by atoms with Gasteiger partial charge in [0.2, 0.25) is 0 Å². The molecule has 0 bridgehead atoms. The molecule has 0 fully saturated rings. The van der Waals surface area contributed by atoms with Crippen molar-refractivity contribution in [3.8, 4) is 56.0 Å². The summed E-state index contributed by atoms with van der Waals surface area (Å²) < 4.78 is 7.02. The zero-order chi connectivity index (χ0) is 37.0. The van der Waals surface area contributed by atoms with E-state index in [4.69, 9.17) is 4.74 Å². The van der Waals surface area contributed by atoms with Crippen LogP contribution in [0.2, 0.25) is 0 Å². The molecule has 1 nitrogen and oxygen atoms in total. The summed E-state index contributed by atoms with van der Waals surface area (Å²) in [6.07, 6.45) is 0. The lowest BCUT2D eigenvalue weighted by molar-refractivity contribution is 0.442. The van der Waals surface area contributed by atoms with Gasteiger partial charge >= 0.3 is 0 Å². The fraction of sp³-hybridized carbons (Fsp3) is 0.0545. The van der Waals surface area contributed by atoms with E-state index in [1.54, 1.807) is 0 Å². The Bertz CT molecular complexity index is 3030. The number of hydrogen-bond acceptors (Lipinski definition) is 1. The van der Waals surface area contributed by atoms with E-state index in [0.717, 1.165) is 16.9 Å². The van der Waals surface area contributed by atoms with Gasteiger partial charge in [0.05, 0.1) is 5.41 Å². The molecule has 56 heavy (non-hydrogen) atoms. The van der Waals surface area contributed by atoms with E-state index in [2.05, 4.69) is 207 Å². The fourth-order valence-electron chi connectivity index (χ4n) is 10.5. The van der Waals surface area contributed by atoms with Crippen LogP contribution < -0.4 is 4.74 Å². The van der Waals surface area contributed by atoms with Gasteiger partial charge in [0.1, 0.15) is 11.5 Å². The standard InChI is InChI=1S/C55H36O/c1-54(38-18-3-2-4-19-38)46-25-10-7-21-40(46)43-31-30-36(33-50(43)54)35-16-15-17-37(32-35)45-34-51-53(44-24-6-5-20-39(44)45)56-52-29-14-13-28-49(52)55(51)47-26-11-8-22-41(47)42-23-9-12-27-48(42)55/h2-34H,1H3. The smallest absolute Gasteiger partial charge is 0.140 e. The molecule has 1 atom stereocenters. The van der Waals surface area contributed by atoms with E-state index in [0.29, 0.717) is 0 Å². The molecule has 1 unspecified atom stereocenters. The highest BCUT2D eigenvalue weighted by Crippen LogP contribution is 2.63. The number of fused-ring (bicyclic) bond motifs is 14. The molecule has 0 amide bonds. The van der Waals surface area contributed by atoms with Crippen LogP contribution in [0, 0.1) is 0 Å². The molecule has 12 rings (SSSR count). The molecule has 1 aliphatic heterocycles. The van der Waals surface area contributed by atoms with Crippen molar-refractivity contribution in [2.75, 3.05) is 0 Å². The highest BCUT2D eigenvalue weighted by molar-refractivity contribution is 6.04. The Kier molecular flexibility index (Phi) is 6.46. The van der Waals surface area contributed by atoms with Crippen molar-refractivity contribution < 1.29 is 4.74 Å². The van der Waals surface area contributed by atoms with Crippen LogP contribution in [0.5, 0.6) is 11.5 Å². The highest BCUT2D eigenvalue weighted by atomic mass is 16.5. The van der Waals surface area contributed by atoms with Crippen LogP contribution in [-0.4, -0.2) is 0 Å². The van der Waals surface area contributed by atoms with Gasteiger partial charge in [-0.15, -0.1) is 0 Å². The predicted octanol–water partition coefficient (Wildman–Crippen LogP) is 14.0. The second-order valence-corrected chi connectivity index (χ2v) is 15.7. The molecule has 0 aromatic heterocycles. The minimum Gasteiger partial charge on any atom is -0.456 e. The Morgan fingerprint density at radius 2 is 0.893 bits per heavy atom. The Hall–Kier alpha value is -6.96. The van der Waals surface area contributed by atoms with Gasteiger partial charge < -0.3 is 4.74 Å². The lowest BCUT2D eigenvalue weighted by Crippen LogP contribution is -2.32. The van der Waals surface area contributed by atoms with Gasteiger partial charge in [0, 0.05) is 21.9 Å². The molecule has 0 N–H and O–H groups in total. The summed E-state index contributed by atoms with van der Waals surface area (Å²) in [4.78, 5) is 0. The van der Waals surface area contributed by atoms with Gasteiger partial charge in [-0.2, -0.15) is 0 Å². The second-order valence-electron chi connectivity index (χ2n) is 15.7. The van der Waals surface area contributed by atoms with E-state index >= 15 is 0 Å². The van der Waals surface area contributed by atoms with Crippen molar-refractivity contribution >= 4 is 10.8 Å². The maximum atomic E-state index is 7.02. The highest BCUT2D eigenvalue weighted by Gasteiger charge is 2.51. The molecule has 3 aliphatic rings. The number of ether oxygens (including phenoxy) is 1. The Labute approximate surface area is 327 Å². The Morgan fingerprint density at radius 1 is 0.339 bits per heavy atom. The molecule has 1 heterocycles. The van der Waals surface area contributed by atoms with Gasteiger partial charge in [-0.1, -0.05) is 176 Å². The first kappa shape index (κ1) is 31.4. The third kappa shape index (κ3) is 4.04. The average Bonchev–Trinajstić information content (AvgIpc) is 3.71. The van der Waals surface area contributed by atoms with Crippen LogP contribution in [0.15, 0.2) is 200 Å². The summed E-state index contributed by atoms with van der Waals surface area (Å²) in [5, 5.41) is 2.30. The minimum absolute atomic E-state index is 0.256. The number of para-hydroxylation sites is 1. The number of hydrogen-bond donors (Lipinski definition) is 0. The summed E-state index contributed by atoms with van der Waals surface area (Å²) in [6, 6.07) is 73.9. The van der Waals surface area contributed by atoms with Gasteiger partial charge in [-0.25, -0.2) is 0 Å². The molecule has 9 aromatic carbocycles. The van der Waals surface area contributed by atoms with E-state index < -0.39 is 5.41 Å². The van der Waals surface area contributed by atoms with Crippen molar-refractivity contribution in [3.05, 3.63) is 239 Å². The van der Waals surface area contributed by atoms with E-state index in [1.165, 1.54) is 88.8 Å². The van der Waals surface area contributed by atoms with Crippen LogP contribution in [0.3, 0.4) is 0 Å². The lowest BCUT2D eigenvalue weighted by atomic mass is 9.65. The average molecular weight is 713 g/mol. The van der Waals surface area contributed by atoms with Crippen LogP contribution in [0.4, 0.5) is 0 Å². The first-order chi connectivity index (χ1) is 27.7. The van der Waals surface area contributed by atoms with Crippen LogP contribution in [0.25, 0.3) is 55.3 Å². The zero-order valence-electron chi connectivity index (χ0n) is 31.0. The fourth-order valence-corrected chi connectivity index (χ4v) is 10.5. The molecule has 262 valence electrons. The van der Waals surface area contributed by atoms with Crippen molar-refractivity contribution in [3.63, 3.8) is 0 Å². The minimum atomic E-state index is -0.537. The maximum absolute atomic E-state index is 7.02. The zero-order valence-corrected chi connectivity index (χ0v) is 31.0. The van der Waals surface area contributed by atoms with E-state index in [-0.39, 0.29) is 5.41 Å². The van der Waals surface area contributed by atoms with Gasteiger partial charge in [0.25, 0.3) is 0 Å². The van der Waals surface area contributed by atoms with Crippen molar-refractivity contribution in [2.24, 2.45) is 0 Å². The Morgan fingerprint density at radius 3 is 1.64 bits per heavy atom. The maximum Gasteiger partial charge on any atom is 0.140 e. The lowest BCUT2D eigenvalue weighted by Gasteiger charge is -2.40. The molecule has 1 spiro atoms. The molecule has 1 heteroatoms. The molecule has 0 saturated carbocycles. The molecule has 0 radical (unpaired) electrons. The topological polar surface area (TPSA) is 9.23 Å². The van der Waals surface area contributed by atoms with Gasteiger partial charge in [-0.05, 0) is 109 Å². The Balaban J connectivity index is 1.09. The monoisotopic (exact) mass is 712 g/mol. The largest absolute Gasteiger partial charge is 0.456 e. The summed E-state index contributed by atoms with van der Waals surface area (Å²) in [7, 11) is 0. The molecule has 2 aliphatic carbocycles. The normalized spacial score (nSPS) is 16.3. The molecule has 0 saturated heterocycles. The first-order valence-corrected chi connectivity index (χ1v) is 19.6. The quantitative estimate of drug-likeness (QED) is 0.177. The SMILES string of the molecule is CC1(c2ccccc2)c2ccccc2-c2ccc(-c3cccc(-c4cc5c(c6ccccc46)Oc4ccccc4C54c5ccccc5-c5ccccc54)c3)cc21. The van der Waals surface area contributed by atoms with Crippen molar-refractivity contribution in [2.45, 2.75) is 17.8 Å². The van der Waals surface area contributed by atoms with Crippen LogP contribution >= 0.6 is 0 Å². The second kappa shape index (κ2) is 11.5. The summed E-state index contributed by atoms with van der Waals surface area (Å²) in [5.41, 5.74) is 18.2. The summed E-state index contributed by atoms with van der Waals surface area (Å²) in [6.45, 7) is 2.39. The van der Waals surface area contributed by atoms with Crippen molar-refractivity contribution in [1.29, 1.82) is 0 Å². The molecule has 9 aromatic rings. The van der Waals surface area contributed by atoms with Crippen LogP contribution in [-0.2, 0) is 10.8 Å². The van der Waals surface area contributed by atoms with Gasteiger partial charge in [-0.3, -0.25) is 0 Å². The molecular weight excluding hydrogens is 677 g/mol. The predicted molar refractivity (Wildman–Crippen MR) is 230 cm³/mol. The third-order valence-electron chi connectivity index (χ3n) is 13.0. The molecular formula is C55H36O. The van der Waals surface area contributed by atoms with Gasteiger partial charge in [0.15, 0.2) is 0 Å². The first-order valence-electron chi connectivity index (χ1n) is 19.6. The van der Waals surface area contributed by atoms with Crippen molar-refractivity contribution in [1.82, 2.24) is 0 Å². The van der Waals surface area contributed by atoms with E-state index in [9.17, 15) is 0 Å². The third-order valence-corrected chi connectivity index (χ3v) is 13.0. The number of rotatable bonds is 3. The summed E-state index contributed by atoms with van der Waals surface area (Å²) >= 11 is 0. The van der Waals surface area contributed by atoms with E-state index in [1.807, 2.05) is 0 Å². The summed E-state index contributed by atoms with van der Waals surface area (Å²) in [5.74, 6) is 1.84. The van der Waals surface area contributed by atoms with Crippen LogP contribution in [0.1, 0.15) is 45.9 Å².